The molecule has 0 aliphatic carbocycles. The predicted octanol–water partition coefficient (Wildman–Crippen LogP) is 5.85. The predicted molar refractivity (Wildman–Crippen MR) is 109 cm³/mol. The number of benzene rings is 2. The first-order chi connectivity index (χ1) is 14.6. The number of hydrogen-bond donors (Lipinski definition) is 0. The van der Waals surface area contributed by atoms with E-state index < -0.39 is 35.5 Å². The standard InChI is InChI=1S/C22H18ClF3O5/c1-3-12(2)30-18(27)11-29-15-8-9-16-17(10-15)31-21(22(24,25)26)19(20(16)28)13-4-6-14(23)7-5-13/h4-10,12H,3,11H2,1-2H3/t12-/m0/s1. The van der Waals surface area contributed by atoms with Crippen LogP contribution in [0.3, 0.4) is 0 Å². The molecule has 0 aliphatic rings. The van der Waals surface area contributed by atoms with Crippen molar-refractivity contribution in [3.8, 4) is 16.9 Å². The number of carbonyl (C=O) groups is 1. The van der Waals surface area contributed by atoms with Gasteiger partial charge in [0, 0.05) is 11.1 Å². The average molecular weight is 455 g/mol. The molecule has 5 nitrogen and oxygen atoms in total. The van der Waals surface area contributed by atoms with Gasteiger partial charge >= 0.3 is 12.1 Å². The molecule has 0 N–H and O–H groups in total. The Morgan fingerprint density at radius 1 is 1.16 bits per heavy atom. The Balaban J connectivity index is 2.02. The minimum Gasteiger partial charge on any atom is -0.482 e. The van der Waals surface area contributed by atoms with Gasteiger partial charge in [0.25, 0.3) is 0 Å². The van der Waals surface area contributed by atoms with Crippen molar-refractivity contribution in [1.82, 2.24) is 0 Å². The molecule has 0 spiro atoms. The minimum absolute atomic E-state index is 0.0282. The van der Waals surface area contributed by atoms with Crippen LogP contribution in [0.25, 0.3) is 22.1 Å². The monoisotopic (exact) mass is 454 g/mol. The Labute approximate surface area is 180 Å². The van der Waals surface area contributed by atoms with Gasteiger partial charge in [-0.05, 0) is 43.2 Å². The molecule has 1 atom stereocenters. The maximum absolute atomic E-state index is 13.7. The number of fused-ring (bicyclic) bond motifs is 1. The van der Waals surface area contributed by atoms with E-state index in [0.717, 1.165) is 6.07 Å². The lowest BCUT2D eigenvalue weighted by Gasteiger charge is -2.14. The number of ether oxygens (including phenoxy) is 2. The van der Waals surface area contributed by atoms with E-state index in [2.05, 4.69) is 0 Å². The maximum atomic E-state index is 13.7. The first-order valence-electron chi connectivity index (χ1n) is 9.36. The van der Waals surface area contributed by atoms with Gasteiger partial charge in [-0.1, -0.05) is 30.7 Å². The van der Waals surface area contributed by atoms with Gasteiger partial charge in [0.2, 0.25) is 11.2 Å². The second-order valence-electron chi connectivity index (χ2n) is 6.80. The van der Waals surface area contributed by atoms with Crippen LogP contribution in [0.15, 0.2) is 51.7 Å². The van der Waals surface area contributed by atoms with Gasteiger partial charge in [-0.25, -0.2) is 4.79 Å². The van der Waals surface area contributed by atoms with Crippen LogP contribution in [0, 0.1) is 0 Å². The van der Waals surface area contributed by atoms with Crippen molar-refractivity contribution in [2.75, 3.05) is 6.61 Å². The van der Waals surface area contributed by atoms with Crippen LogP contribution in [-0.2, 0) is 15.7 Å². The fourth-order valence-electron chi connectivity index (χ4n) is 2.83. The van der Waals surface area contributed by atoms with Gasteiger partial charge in [0.1, 0.15) is 11.3 Å². The van der Waals surface area contributed by atoms with Gasteiger partial charge in [0.15, 0.2) is 6.61 Å². The molecule has 0 bridgehead atoms. The molecule has 1 aromatic heterocycles. The molecule has 0 unspecified atom stereocenters. The molecule has 1 heterocycles. The molecule has 3 aromatic rings. The molecule has 0 fully saturated rings. The Bertz CT molecular complexity index is 1150. The molecule has 0 saturated carbocycles. The van der Waals surface area contributed by atoms with Crippen molar-refractivity contribution in [2.45, 2.75) is 32.5 Å². The van der Waals surface area contributed by atoms with Crippen molar-refractivity contribution in [1.29, 1.82) is 0 Å². The SMILES string of the molecule is CC[C@H](C)OC(=O)COc1ccc2c(=O)c(-c3ccc(Cl)cc3)c(C(F)(F)F)oc2c1. The van der Waals surface area contributed by atoms with E-state index in [4.69, 9.17) is 25.5 Å². The van der Waals surface area contributed by atoms with Gasteiger partial charge in [0.05, 0.1) is 17.1 Å². The summed E-state index contributed by atoms with van der Waals surface area (Å²) in [7, 11) is 0. The van der Waals surface area contributed by atoms with Crippen LogP contribution in [0.1, 0.15) is 26.0 Å². The highest BCUT2D eigenvalue weighted by Gasteiger charge is 2.39. The lowest BCUT2D eigenvalue weighted by atomic mass is 10.0. The molecule has 2 aromatic carbocycles. The number of hydrogen-bond acceptors (Lipinski definition) is 5. The molecular weight excluding hydrogens is 437 g/mol. The van der Waals surface area contributed by atoms with Crippen LogP contribution in [0.4, 0.5) is 13.2 Å². The second kappa shape index (κ2) is 9.01. The van der Waals surface area contributed by atoms with Crippen molar-refractivity contribution in [2.24, 2.45) is 0 Å². The molecule has 164 valence electrons. The van der Waals surface area contributed by atoms with Gasteiger partial charge in [-0.3, -0.25) is 4.79 Å². The van der Waals surface area contributed by atoms with E-state index in [9.17, 15) is 22.8 Å². The summed E-state index contributed by atoms with van der Waals surface area (Å²) < 4.78 is 56.5. The van der Waals surface area contributed by atoms with E-state index >= 15 is 0 Å². The van der Waals surface area contributed by atoms with Crippen LogP contribution in [-0.4, -0.2) is 18.7 Å². The van der Waals surface area contributed by atoms with Crippen molar-refractivity contribution in [3.63, 3.8) is 0 Å². The van der Waals surface area contributed by atoms with Crippen LogP contribution in [0.5, 0.6) is 5.75 Å². The largest absolute Gasteiger partial charge is 0.482 e. The molecule has 3 rings (SSSR count). The summed E-state index contributed by atoms with van der Waals surface area (Å²) in [6.45, 7) is 3.13. The molecule has 0 radical (unpaired) electrons. The minimum atomic E-state index is -4.92. The van der Waals surface area contributed by atoms with Gasteiger partial charge in [-0.2, -0.15) is 13.2 Å². The smallest absolute Gasteiger partial charge is 0.450 e. The molecule has 31 heavy (non-hydrogen) atoms. The zero-order chi connectivity index (χ0) is 22.8. The average Bonchev–Trinajstić information content (AvgIpc) is 2.72. The van der Waals surface area contributed by atoms with Gasteiger partial charge < -0.3 is 13.9 Å². The number of rotatable bonds is 6. The van der Waals surface area contributed by atoms with Gasteiger partial charge in [-0.15, -0.1) is 0 Å². The summed E-state index contributed by atoms with van der Waals surface area (Å²) in [6.07, 6.45) is -4.58. The fourth-order valence-corrected chi connectivity index (χ4v) is 2.95. The van der Waals surface area contributed by atoms with Crippen molar-refractivity contribution in [3.05, 3.63) is 63.5 Å². The highest BCUT2D eigenvalue weighted by atomic mass is 35.5. The van der Waals surface area contributed by atoms with Crippen LogP contribution < -0.4 is 10.2 Å². The summed E-state index contributed by atoms with van der Waals surface area (Å²) in [4.78, 5) is 24.6. The third-order valence-corrected chi connectivity index (χ3v) is 4.77. The Hall–Kier alpha value is -3.00. The van der Waals surface area contributed by atoms with E-state index in [1.807, 2.05) is 6.92 Å². The summed E-state index contributed by atoms with van der Waals surface area (Å²) in [5, 5.41) is 0.253. The summed E-state index contributed by atoms with van der Waals surface area (Å²) >= 11 is 5.80. The van der Waals surface area contributed by atoms with E-state index in [1.54, 1.807) is 6.92 Å². The highest BCUT2D eigenvalue weighted by molar-refractivity contribution is 6.30. The van der Waals surface area contributed by atoms with E-state index in [1.165, 1.54) is 36.4 Å². The zero-order valence-electron chi connectivity index (χ0n) is 16.6. The Kier molecular flexibility index (Phi) is 6.59. The quantitative estimate of drug-likeness (QED) is 0.437. The number of alkyl halides is 3. The number of carbonyl (C=O) groups excluding carboxylic acids is 1. The first kappa shape index (κ1) is 22.7. The fraction of sp³-hybridized carbons (Fsp3) is 0.273. The normalized spacial score (nSPS) is 12.6. The highest BCUT2D eigenvalue weighted by Crippen LogP contribution is 2.38. The molecular formula is C22H18ClF3O5. The molecule has 9 heteroatoms. The lowest BCUT2D eigenvalue weighted by molar-refractivity contribution is -0.152. The summed E-state index contributed by atoms with van der Waals surface area (Å²) in [6, 6.07) is 9.19. The molecule has 0 amide bonds. The van der Waals surface area contributed by atoms with E-state index in [0.29, 0.717) is 11.4 Å². The lowest BCUT2D eigenvalue weighted by Crippen LogP contribution is -2.20. The Morgan fingerprint density at radius 3 is 2.45 bits per heavy atom. The van der Waals surface area contributed by atoms with Crippen LogP contribution in [0.2, 0.25) is 5.02 Å². The zero-order valence-corrected chi connectivity index (χ0v) is 17.3. The molecule has 0 saturated heterocycles. The number of halogens is 4. The maximum Gasteiger partial charge on any atom is 0.450 e. The number of esters is 1. The third-order valence-electron chi connectivity index (χ3n) is 4.52. The third kappa shape index (κ3) is 5.19. The van der Waals surface area contributed by atoms with Crippen LogP contribution >= 0.6 is 11.6 Å². The van der Waals surface area contributed by atoms with E-state index in [-0.39, 0.29) is 28.4 Å². The second-order valence-corrected chi connectivity index (χ2v) is 7.23. The first-order valence-corrected chi connectivity index (χ1v) is 9.74. The summed E-state index contributed by atoms with van der Waals surface area (Å²) in [5.41, 5.74) is -1.75. The summed E-state index contributed by atoms with van der Waals surface area (Å²) in [5.74, 6) is -1.99. The van der Waals surface area contributed by atoms with Crippen molar-refractivity contribution >= 4 is 28.5 Å². The Morgan fingerprint density at radius 2 is 1.84 bits per heavy atom. The topological polar surface area (TPSA) is 65.7 Å². The van der Waals surface area contributed by atoms with Crippen molar-refractivity contribution < 1.29 is 31.9 Å². The molecule has 0 aliphatic heterocycles.